The molecule has 0 bridgehead atoms. The molecule has 0 spiro atoms. The van der Waals surface area contributed by atoms with E-state index in [1.807, 2.05) is 73.0 Å². The number of halogens is 2. The van der Waals surface area contributed by atoms with E-state index in [0.717, 1.165) is 33.0 Å². The van der Waals surface area contributed by atoms with Crippen LogP contribution in [0.3, 0.4) is 0 Å². The molecule has 7 aromatic carbocycles. The number of benzene rings is 5. The summed E-state index contributed by atoms with van der Waals surface area (Å²) in [5.41, 5.74) is 3.18. The predicted octanol–water partition coefficient (Wildman–Crippen LogP) is 7.55. The van der Waals surface area contributed by atoms with Crippen LogP contribution in [-0.2, 0) is 0 Å². The van der Waals surface area contributed by atoms with Gasteiger partial charge < -0.3 is 0 Å². The molecular weight excluding hydrogens is 502 g/mol. The molecule has 186 valence electrons. The Labute approximate surface area is 226 Å². The Morgan fingerprint density at radius 1 is 0.475 bits per heavy atom. The molecule has 7 rings (SSSR count). The van der Waals surface area contributed by atoms with Gasteiger partial charge in [0.25, 0.3) is 0 Å². The normalized spacial score (nSPS) is 12.5. The van der Waals surface area contributed by atoms with Crippen molar-refractivity contribution in [2.24, 2.45) is 9.98 Å². The van der Waals surface area contributed by atoms with Gasteiger partial charge in [0.2, 0.25) is 12.4 Å². The zero-order valence-electron chi connectivity index (χ0n) is 20.8. The van der Waals surface area contributed by atoms with Gasteiger partial charge in [-0.15, -0.1) is 0 Å². The fourth-order valence-corrected chi connectivity index (χ4v) is 6.01. The van der Waals surface area contributed by atoms with Crippen LogP contribution in [0.2, 0.25) is 0 Å². The summed E-state index contributed by atoms with van der Waals surface area (Å²) in [4.78, 5) is 8.46. The third-order valence-corrected chi connectivity index (χ3v) is 7.43. The molecule has 0 amide bonds. The van der Waals surface area contributed by atoms with Crippen molar-refractivity contribution in [2.45, 2.75) is 0 Å². The molecule has 40 heavy (non-hydrogen) atoms. The first-order valence-electron chi connectivity index (χ1n) is 12.5. The number of hydrogen-bond acceptors (Lipinski definition) is 4. The Morgan fingerprint density at radius 2 is 0.875 bits per heavy atom. The summed E-state index contributed by atoms with van der Waals surface area (Å²) < 4.78 is 29.3. The standard InChI is InChI=1S/C34H16F2N4/c35-21-11-13-23-25(15-21)34(40-18-38)32-28(20-9-5-2-6-10-20)30-24-14-12-22(36)16-26(24)33(39-17-37)31(30)27(29(23)32)19-7-3-1-4-8-19/h1-16H. The largest absolute Gasteiger partial charge is 0.207 e. The second kappa shape index (κ2) is 8.94. The highest BCUT2D eigenvalue weighted by Crippen LogP contribution is 2.47. The van der Waals surface area contributed by atoms with Gasteiger partial charge >= 0.3 is 0 Å². The summed E-state index contributed by atoms with van der Waals surface area (Å²) in [6.45, 7) is 0. The molecule has 0 saturated heterocycles. The molecule has 0 aliphatic rings. The van der Waals surface area contributed by atoms with E-state index in [-0.39, 0.29) is 0 Å². The Kier molecular flexibility index (Phi) is 5.23. The van der Waals surface area contributed by atoms with Crippen molar-refractivity contribution in [1.82, 2.24) is 0 Å². The van der Waals surface area contributed by atoms with Crippen molar-refractivity contribution in [3.63, 3.8) is 0 Å². The lowest BCUT2D eigenvalue weighted by Gasteiger charge is -2.14. The molecule has 7 aromatic rings. The molecule has 0 atom stereocenters. The molecular formula is C34H16F2N4. The van der Waals surface area contributed by atoms with E-state index in [1.165, 1.54) is 24.3 Å². The second-order valence-electron chi connectivity index (χ2n) is 9.48. The number of nitrogens with zero attached hydrogens (tertiary/aromatic N) is 4. The molecule has 0 fully saturated rings. The highest BCUT2D eigenvalue weighted by atomic mass is 19.1. The molecule has 0 unspecified atom stereocenters. The van der Waals surface area contributed by atoms with E-state index >= 15 is 0 Å². The first kappa shape index (κ1) is 23.4. The van der Waals surface area contributed by atoms with Crippen LogP contribution >= 0.6 is 0 Å². The molecule has 0 heterocycles. The molecule has 4 nitrogen and oxygen atoms in total. The van der Waals surface area contributed by atoms with E-state index < -0.39 is 11.6 Å². The Balaban J connectivity index is 1.97. The van der Waals surface area contributed by atoms with Crippen LogP contribution in [0.5, 0.6) is 0 Å². The summed E-state index contributed by atoms with van der Waals surface area (Å²) >= 11 is 0. The SMILES string of the molecule is N#CN=c1c2cc(F)ccc2c2c(-c3ccccc3)c3c(=NC#N)c4cc(F)ccc4c3c(-c3ccccc3)c12. The first-order chi connectivity index (χ1) is 19.6. The fraction of sp³-hybridized carbons (Fsp3) is 0. The molecule has 6 heteroatoms. The van der Waals surface area contributed by atoms with E-state index in [4.69, 9.17) is 0 Å². The molecule has 0 aromatic heterocycles. The van der Waals surface area contributed by atoms with Crippen molar-refractivity contribution in [3.8, 4) is 34.6 Å². The summed E-state index contributed by atoms with van der Waals surface area (Å²) in [7, 11) is 0. The van der Waals surface area contributed by atoms with Gasteiger partial charge in [0.15, 0.2) is 0 Å². The average Bonchev–Trinajstić information content (AvgIpc) is 3.45. The topological polar surface area (TPSA) is 72.3 Å². The van der Waals surface area contributed by atoms with E-state index in [9.17, 15) is 19.3 Å². The number of hydrogen-bond donors (Lipinski definition) is 0. The minimum Gasteiger partial charge on any atom is -0.207 e. The van der Waals surface area contributed by atoms with Crippen LogP contribution in [0.15, 0.2) is 107 Å². The van der Waals surface area contributed by atoms with E-state index in [0.29, 0.717) is 43.0 Å². The molecule has 0 radical (unpaired) electrons. The van der Waals surface area contributed by atoms with Crippen LogP contribution in [0, 0.1) is 34.5 Å². The minimum atomic E-state index is -0.445. The summed E-state index contributed by atoms with van der Waals surface area (Å²) in [5.74, 6) is -0.889. The van der Waals surface area contributed by atoms with Crippen molar-refractivity contribution in [2.75, 3.05) is 0 Å². The van der Waals surface area contributed by atoms with Gasteiger partial charge in [-0.1, -0.05) is 72.8 Å². The third-order valence-electron chi connectivity index (χ3n) is 7.43. The Hall–Kier alpha value is -5.72. The number of rotatable bonds is 2. The van der Waals surface area contributed by atoms with E-state index in [1.54, 1.807) is 12.1 Å². The molecule has 0 saturated carbocycles. The van der Waals surface area contributed by atoms with Gasteiger partial charge in [-0.3, -0.25) is 0 Å². The van der Waals surface area contributed by atoms with Gasteiger partial charge in [-0.2, -0.15) is 20.5 Å². The fourth-order valence-electron chi connectivity index (χ4n) is 6.01. The van der Waals surface area contributed by atoms with Crippen molar-refractivity contribution >= 4 is 43.1 Å². The molecule has 0 aliphatic heterocycles. The lowest BCUT2D eigenvalue weighted by atomic mass is 9.88. The maximum Gasteiger partial charge on any atom is 0.206 e. The minimum absolute atomic E-state index is 0.361. The predicted molar refractivity (Wildman–Crippen MR) is 152 cm³/mol. The first-order valence-corrected chi connectivity index (χ1v) is 12.5. The summed E-state index contributed by atoms with van der Waals surface area (Å²) in [5, 5.41) is 25.6. The van der Waals surface area contributed by atoms with Crippen molar-refractivity contribution < 1.29 is 8.78 Å². The maximum absolute atomic E-state index is 14.7. The second-order valence-corrected chi connectivity index (χ2v) is 9.48. The number of fused-ring (bicyclic) bond motifs is 6. The van der Waals surface area contributed by atoms with Crippen LogP contribution < -0.4 is 10.7 Å². The van der Waals surface area contributed by atoms with Crippen molar-refractivity contribution in [1.29, 1.82) is 10.5 Å². The Morgan fingerprint density at radius 3 is 1.25 bits per heavy atom. The zero-order chi connectivity index (χ0) is 27.4. The smallest absolute Gasteiger partial charge is 0.206 e. The average molecular weight is 519 g/mol. The van der Waals surface area contributed by atoms with Gasteiger partial charge in [-0.05, 0) is 46.2 Å². The quantitative estimate of drug-likeness (QED) is 0.222. The summed E-state index contributed by atoms with van der Waals surface area (Å²) in [6, 6.07) is 28.2. The maximum atomic E-state index is 14.7. The summed E-state index contributed by atoms with van der Waals surface area (Å²) in [6.07, 6.45) is 3.84. The third kappa shape index (κ3) is 3.27. The van der Waals surface area contributed by atoms with E-state index in [2.05, 4.69) is 9.98 Å². The van der Waals surface area contributed by atoms with Gasteiger partial charge in [-0.25, -0.2) is 8.78 Å². The zero-order valence-corrected chi connectivity index (χ0v) is 20.8. The monoisotopic (exact) mass is 518 g/mol. The number of nitriles is 2. The molecule has 0 aliphatic carbocycles. The van der Waals surface area contributed by atoms with Crippen molar-refractivity contribution in [3.05, 3.63) is 119 Å². The van der Waals surface area contributed by atoms with Crippen LogP contribution in [0.4, 0.5) is 8.78 Å². The van der Waals surface area contributed by atoms with Gasteiger partial charge in [0.05, 0.1) is 10.7 Å². The van der Waals surface area contributed by atoms with Gasteiger partial charge in [0, 0.05) is 43.4 Å². The van der Waals surface area contributed by atoms with Crippen LogP contribution in [-0.4, -0.2) is 0 Å². The molecule has 0 N–H and O–H groups in total. The van der Waals surface area contributed by atoms with Gasteiger partial charge in [0.1, 0.15) is 11.6 Å². The van der Waals surface area contributed by atoms with Crippen LogP contribution in [0.1, 0.15) is 0 Å². The highest BCUT2D eigenvalue weighted by molar-refractivity contribution is 6.34. The highest BCUT2D eigenvalue weighted by Gasteiger charge is 2.26. The lowest BCUT2D eigenvalue weighted by molar-refractivity contribution is 0.629. The Bertz CT molecular complexity index is 2180. The van der Waals surface area contributed by atoms with Crippen LogP contribution in [0.25, 0.3) is 65.3 Å². The lowest BCUT2D eigenvalue weighted by Crippen LogP contribution is -2.03.